The van der Waals surface area contributed by atoms with Gasteiger partial charge in [-0.3, -0.25) is 0 Å². The highest BCUT2D eigenvalue weighted by atomic mass is 19.4. The molecular formula is C15H26F3NO. The smallest absolute Gasteiger partial charge is 0.391 e. The minimum atomic E-state index is -4.04. The molecule has 5 heteroatoms. The van der Waals surface area contributed by atoms with Crippen LogP contribution in [-0.2, 0) is 0 Å². The van der Waals surface area contributed by atoms with Crippen LogP contribution in [0.5, 0.6) is 0 Å². The summed E-state index contributed by atoms with van der Waals surface area (Å²) in [6, 6.07) is 0. The molecule has 20 heavy (non-hydrogen) atoms. The maximum atomic E-state index is 12.6. The van der Waals surface area contributed by atoms with Gasteiger partial charge in [0.2, 0.25) is 0 Å². The molecule has 1 aliphatic heterocycles. The Morgan fingerprint density at radius 2 is 1.70 bits per heavy atom. The van der Waals surface area contributed by atoms with Crippen LogP contribution in [0.1, 0.15) is 39.5 Å². The number of alkyl halides is 3. The SMILES string of the molecule is CC1CC(C)C(CN2CCC(C(F)(F)F)CC2)C(O)C1. The summed E-state index contributed by atoms with van der Waals surface area (Å²) in [5, 5.41) is 10.2. The Labute approximate surface area is 119 Å². The Kier molecular flexibility index (Phi) is 5.00. The van der Waals surface area contributed by atoms with Crippen LogP contribution < -0.4 is 0 Å². The number of halogens is 3. The number of aliphatic hydroxyl groups is 1. The van der Waals surface area contributed by atoms with E-state index < -0.39 is 12.1 Å². The first kappa shape index (κ1) is 16.1. The topological polar surface area (TPSA) is 23.5 Å². The Bertz CT molecular complexity index is 301. The Morgan fingerprint density at radius 3 is 2.20 bits per heavy atom. The molecule has 2 fully saturated rings. The highest BCUT2D eigenvalue weighted by Crippen LogP contribution is 2.37. The van der Waals surface area contributed by atoms with E-state index in [0.717, 1.165) is 19.4 Å². The molecule has 2 aliphatic rings. The van der Waals surface area contributed by atoms with E-state index >= 15 is 0 Å². The molecule has 0 bridgehead atoms. The van der Waals surface area contributed by atoms with Crippen molar-refractivity contribution in [2.45, 2.75) is 51.8 Å². The molecule has 2 rings (SSSR count). The molecule has 4 unspecified atom stereocenters. The Morgan fingerprint density at radius 1 is 1.10 bits per heavy atom. The molecule has 0 spiro atoms. The molecule has 1 saturated carbocycles. The van der Waals surface area contributed by atoms with Crippen molar-refractivity contribution in [3.05, 3.63) is 0 Å². The van der Waals surface area contributed by atoms with E-state index in [0.29, 0.717) is 24.9 Å². The molecule has 1 saturated heterocycles. The van der Waals surface area contributed by atoms with Crippen molar-refractivity contribution in [3.8, 4) is 0 Å². The van der Waals surface area contributed by atoms with Gasteiger partial charge in [-0.05, 0) is 50.6 Å². The lowest BCUT2D eigenvalue weighted by Gasteiger charge is -2.41. The zero-order valence-electron chi connectivity index (χ0n) is 12.4. The average Bonchev–Trinajstić information content (AvgIpc) is 2.33. The van der Waals surface area contributed by atoms with Crippen molar-refractivity contribution in [1.29, 1.82) is 0 Å². The van der Waals surface area contributed by atoms with Crippen LogP contribution in [0.3, 0.4) is 0 Å². The summed E-state index contributed by atoms with van der Waals surface area (Å²) in [4.78, 5) is 2.11. The van der Waals surface area contributed by atoms with Gasteiger partial charge in [-0.15, -0.1) is 0 Å². The first-order valence-electron chi connectivity index (χ1n) is 7.74. The summed E-state index contributed by atoms with van der Waals surface area (Å²) in [5.74, 6) is 0.0856. The molecule has 0 radical (unpaired) electrons. The van der Waals surface area contributed by atoms with Crippen LogP contribution in [0.4, 0.5) is 13.2 Å². The van der Waals surface area contributed by atoms with Gasteiger partial charge in [0, 0.05) is 12.5 Å². The molecular weight excluding hydrogens is 267 g/mol. The molecule has 2 nitrogen and oxygen atoms in total. The third-order valence-corrected chi connectivity index (χ3v) is 5.16. The molecule has 118 valence electrons. The molecule has 0 aromatic heterocycles. The Hall–Kier alpha value is -0.290. The molecule has 0 aromatic carbocycles. The fourth-order valence-corrected chi connectivity index (χ4v) is 3.91. The standard InChI is InChI=1S/C15H26F3NO/c1-10-7-11(2)13(14(20)8-10)9-19-5-3-12(4-6-19)15(16,17)18/h10-14,20H,3-9H2,1-2H3. The van der Waals surface area contributed by atoms with E-state index in [1.165, 1.54) is 0 Å². The maximum absolute atomic E-state index is 12.6. The van der Waals surface area contributed by atoms with E-state index in [4.69, 9.17) is 0 Å². The van der Waals surface area contributed by atoms with Gasteiger partial charge in [0.05, 0.1) is 12.0 Å². The van der Waals surface area contributed by atoms with Gasteiger partial charge in [-0.25, -0.2) is 0 Å². The third kappa shape index (κ3) is 3.88. The zero-order valence-corrected chi connectivity index (χ0v) is 12.4. The van der Waals surface area contributed by atoms with Gasteiger partial charge in [-0.1, -0.05) is 13.8 Å². The van der Waals surface area contributed by atoms with Crippen LogP contribution in [0.2, 0.25) is 0 Å². The normalized spacial score (nSPS) is 38.1. The van der Waals surface area contributed by atoms with Crippen molar-refractivity contribution >= 4 is 0 Å². The van der Waals surface area contributed by atoms with Crippen LogP contribution >= 0.6 is 0 Å². The lowest BCUT2D eigenvalue weighted by Crippen LogP contribution is -2.46. The van der Waals surface area contributed by atoms with Crippen LogP contribution in [0.15, 0.2) is 0 Å². The number of nitrogens with zero attached hydrogens (tertiary/aromatic N) is 1. The van der Waals surface area contributed by atoms with E-state index in [1.807, 2.05) is 0 Å². The van der Waals surface area contributed by atoms with Gasteiger partial charge < -0.3 is 10.0 Å². The fourth-order valence-electron chi connectivity index (χ4n) is 3.91. The van der Waals surface area contributed by atoms with Crippen LogP contribution in [0, 0.1) is 23.7 Å². The number of likely N-dealkylation sites (tertiary alicyclic amines) is 1. The van der Waals surface area contributed by atoms with Crippen molar-refractivity contribution in [2.24, 2.45) is 23.7 Å². The summed E-state index contributed by atoms with van der Waals surface area (Å²) in [5.41, 5.74) is 0. The van der Waals surface area contributed by atoms with Gasteiger partial charge in [0.1, 0.15) is 0 Å². The number of hydrogen-bond donors (Lipinski definition) is 1. The average molecular weight is 293 g/mol. The van der Waals surface area contributed by atoms with Gasteiger partial charge in [0.25, 0.3) is 0 Å². The second-order valence-electron chi connectivity index (χ2n) is 6.90. The molecule has 1 aliphatic carbocycles. The van der Waals surface area contributed by atoms with Crippen LogP contribution in [0.25, 0.3) is 0 Å². The van der Waals surface area contributed by atoms with Gasteiger partial charge in [0.15, 0.2) is 0 Å². The predicted octanol–water partition coefficient (Wildman–Crippen LogP) is 3.30. The molecule has 4 atom stereocenters. The lowest BCUT2D eigenvalue weighted by molar-refractivity contribution is -0.185. The minimum Gasteiger partial charge on any atom is -0.393 e. The summed E-state index contributed by atoms with van der Waals surface area (Å²) < 4.78 is 37.9. The maximum Gasteiger partial charge on any atom is 0.391 e. The zero-order chi connectivity index (χ0) is 14.9. The lowest BCUT2D eigenvalue weighted by atomic mass is 9.73. The first-order valence-corrected chi connectivity index (χ1v) is 7.74. The van der Waals surface area contributed by atoms with Gasteiger partial charge >= 0.3 is 6.18 Å². The summed E-state index contributed by atoms with van der Waals surface area (Å²) >= 11 is 0. The summed E-state index contributed by atoms with van der Waals surface area (Å²) in [6.45, 7) is 6.09. The largest absolute Gasteiger partial charge is 0.393 e. The Balaban J connectivity index is 1.83. The van der Waals surface area contributed by atoms with Crippen LogP contribution in [-0.4, -0.2) is 41.9 Å². The number of piperidine rings is 1. The van der Waals surface area contributed by atoms with Crippen molar-refractivity contribution < 1.29 is 18.3 Å². The van der Waals surface area contributed by atoms with Crippen molar-refractivity contribution in [2.75, 3.05) is 19.6 Å². The summed E-state index contributed by atoms with van der Waals surface area (Å²) in [7, 11) is 0. The van der Waals surface area contributed by atoms with E-state index in [2.05, 4.69) is 18.7 Å². The second kappa shape index (κ2) is 6.22. The second-order valence-corrected chi connectivity index (χ2v) is 6.90. The molecule has 1 heterocycles. The number of hydrogen-bond acceptors (Lipinski definition) is 2. The monoisotopic (exact) mass is 293 g/mol. The number of aliphatic hydroxyl groups excluding tert-OH is 1. The highest BCUT2D eigenvalue weighted by Gasteiger charge is 2.42. The van der Waals surface area contributed by atoms with E-state index in [-0.39, 0.29) is 24.9 Å². The molecule has 1 N–H and O–H groups in total. The summed E-state index contributed by atoms with van der Waals surface area (Å²) in [6.07, 6.45) is -1.99. The van der Waals surface area contributed by atoms with Crippen molar-refractivity contribution in [1.82, 2.24) is 4.90 Å². The molecule has 0 aromatic rings. The van der Waals surface area contributed by atoms with E-state index in [9.17, 15) is 18.3 Å². The minimum absolute atomic E-state index is 0.205. The van der Waals surface area contributed by atoms with Crippen molar-refractivity contribution in [3.63, 3.8) is 0 Å². The fraction of sp³-hybridized carbons (Fsp3) is 1.00. The first-order chi connectivity index (χ1) is 9.27. The highest BCUT2D eigenvalue weighted by molar-refractivity contribution is 4.86. The predicted molar refractivity (Wildman–Crippen MR) is 72.3 cm³/mol. The number of rotatable bonds is 2. The quantitative estimate of drug-likeness (QED) is 0.844. The van der Waals surface area contributed by atoms with Gasteiger partial charge in [-0.2, -0.15) is 13.2 Å². The third-order valence-electron chi connectivity index (χ3n) is 5.16. The van der Waals surface area contributed by atoms with E-state index in [1.54, 1.807) is 0 Å². The molecule has 0 amide bonds.